The van der Waals surface area contributed by atoms with Crippen molar-refractivity contribution in [1.29, 1.82) is 0 Å². The van der Waals surface area contributed by atoms with E-state index in [1.165, 1.54) is 0 Å². The normalized spacial score (nSPS) is 10.9. The van der Waals surface area contributed by atoms with Crippen LogP contribution in [0.3, 0.4) is 0 Å². The van der Waals surface area contributed by atoms with Crippen LogP contribution in [0.15, 0.2) is 73.4 Å². The fourth-order valence-corrected chi connectivity index (χ4v) is 3.63. The number of carbonyl (C=O) groups is 1. The van der Waals surface area contributed by atoms with E-state index in [-0.39, 0.29) is 5.82 Å². The molecular formula is C24H21N9O. The third-order valence-corrected chi connectivity index (χ3v) is 5.08. The van der Waals surface area contributed by atoms with Gasteiger partial charge in [0.1, 0.15) is 11.4 Å². The van der Waals surface area contributed by atoms with Gasteiger partial charge in [-0.05, 0) is 30.3 Å². The molecule has 10 heteroatoms. The maximum absolute atomic E-state index is 13.0. The first kappa shape index (κ1) is 21.1. The van der Waals surface area contributed by atoms with Gasteiger partial charge in [-0.1, -0.05) is 12.1 Å². The first-order valence-electron chi connectivity index (χ1n) is 10.6. The molecule has 0 fully saturated rings. The van der Waals surface area contributed by atoms with E-state index in [2.05, 4.69) is 35.5 Å². The molecule has 0 aromatic carbocycles. The highest BCUT2D eigenvalue weighted by Gasteiger charge is 2.18. The second-order valence-electron chi connectivity index (χ2n) is 7.67. The summed E-state index contributed by atoms with van der Waals surface area (Å²) in [6.07, 6.45) is 9.13. The molecule has 0 aliphatic heterocycles. The topological polar surface area (TPSA) is 116 Å². The van der Waals surface area contributed by atoms with Crippen molar-refractivity contribution in [2.24, 2.45) is 14.1 Å². The lowest BCUT2D eigenvalue weighted by atomic mass is 10.1. The molecule has 0 unspecified atom stereocenters. The Morgan fingerprint density at radius 1 is 0.824 bits per heavy atom. The van der Waals surface area contributed by atoms with E-state index in [0.29, 0.717) is 29.2 Å². The maximum Gasteiger partial charge on any atom is 0.293 e. The molecular weight excluding hydrogens is 430 g/mol. The van der Waals surface area contributed by atoms with Crippen molar-refractivity contribution in [2.45, 2.75) is 6.42 Å². The van der Waals surface area contributed by atoms with Crippen LogP contribution in [0.4, 0.5) is 5.69 Å². The SMILES string of the molecule is Cn1cc(Cc2ccnc(C(=O)Nc3cn(C)nc3-c3ccccn3)n2)c(-c2ccccn2)n1. The van der Waals surface area contributed by atoms with Gasteiger partial charge in [0.05, 0.1) is 17.1 Å². The van der Waals surface area contributed by atoms with Gasteiger partial charge in [0.2, 0.25) is 5.82 Å². The van der Waals surface area contributed by atoms with Crippen LogP contribution >= 0.6 is 0 Å². The highest BCUT2D eigenvalue weighted by Crippen LogP contribution is 2.25. The molecule has 1 amide bonds. The van der Waals surface area contributed by atoms with Gasteiger partial charge in [0.15, 0.2) is 0 Å². The Hall–Kier alpha value is -4.73. The first-order chi connectivity index (χ1) is 16.6. The van der Waals surface area contributed by atoms with Crippen molar-refractivity contribution >= 4 is 11.6 Å². The number of anilines is 1. The van der Waals surface area contributed by atoms with E-state index in [1.807, 2.05) is 49.6 Å². The summed E-state index contributed by atoms with van der Waals surface area (Å²) >= 11 is 0. The lowest BCUT2D eigenvalue weighted by Crippen LogP contribution is -2.16. The maximum atomic E-state index is 13.0. The van der Waals surface area contributed by atoms with E-state index < -0.39 is 5.91 Å². The summed E-state index contributed by atoms with van der Waals surface area (Å²) in [5, 5.41) is 11.8. The fourth-order valence-electron chi connectivity index (χ4n) is 3.63. The number of nitrogens with zero attached hydrogens (tertiary/aromatic N) is 8. The van der Waals surface area contributed by atoms with Gasteiger partial charge in [-0.2, -0.15) is 10.2 Å². The third kappa shape index (κ3) is 4.42. The van der Waals surface area contributed by atoms with Gasteiger partial charge in [-0.3, -0.25) is 24.1 Å². The van der Waals surface area contributed by atoms with E-state index in [0.717, 1.165) is 17.0 Å². The second-order valence-corrected chi connectivity index (χ2v) is 7.67. The van der Waals surface area contributed by atoms with Crippen LogP contribution in [0.2, 0.25) is 0 Å². The molecule has 0 atom stereocenters. The van der Waals surface area contributed by atoms with Gasteiger partial charge in [0, 0.05) is 62.8 Å². The van der Waals surface area contributed by atoms with Crippen LogP contribution in [-0.2, 0) is 20.5 Å². The average molecular weight is 451 g/mol. The van der Waals surface area contributed by atoms with Crippen LogP contribution in [0, 0.1) is 0 Å². The summed E-state index contributed by atoms with van der Waals surface area (Å²) in [7, 11) is 3.65. The van der Waals surface area contributed by atoms with Crippen molar-refractivity contribution in [3.8, 4) is 22.8 Å². The molecule has 34 heavy (non-hydrogen) atoms. The Balaban J connectivity index is 1.39. The number of amides is 1. The summed E-state index contributed by atoms with van der Waals surface area (Å²) in [5.74, 6) is -0.361. The molecule has 0 bridgehead atoms. The molecule has 0 saturated heterocycles. The van der Waals surface area contributed by atoms with Crippen molar-refractivity contribution in [3.63, 3.8) is 0 Å². The zero-order valence-electron chi connectivity index (χ0n) is 18.6. The van der Waals surface area contributed by atoms with Crippen molar-refractivity contribution in [3.05, 3.63) is 90.5 Å². The number of aromatic nitrogens is 8. The van der Waals surface area contributed by atoms with Crippen LogP contribution in [0.25, 0.3) is 22.8 Å². The third-order valence-electron chi connectivity index (χ3n) is 5.08. The lowest BCUT2D eigenvalue weighted by molar-refractivity contribution is 0.101. The van der Waals surface area contributed by atoms with Crippen LogP contribution in [-0.4, -0.2) is 45.4 Å². The number of hydrogen-bond donors (Lipinski definition) is 1. The molecule has 5 heterocycles. The summed E-state index contributed by atoms with van der Waals surface area (Å²) in [6, 6.07) is 13.0. The Morgan fingerprint density at radius 2 is 1.50 bits per heavy atom. The van der Waals surface area contributed by atoms with Gasteiger partial charge in [-0.15, -0.1) is 0 Å². The predicted octanol–water partition coefficient (Wildman–Crippen LogP) is 2.91. The Morgan fingerprint density at radius 3 is 2.21 bits per heavy atom. The van der Waals surface area contributed by atoms with E-state index in [9.17, 15) is 4.79 Å². The lowest BCUT2D eigenvalue weighted by Gasteiger charge is -2.06. The highest BCUT2D eigenvalue weighted by atomic mass is 16.2. The number of aryl methyl sites for hydroxylation is 2. The number of hydrogen-bond acceptors (Lipinski definition) is 7. The number of nitrogens with one attached hydrogen (secondary N) is 1. The minimum atomic E-state index is -0.428. The summed E-state index contributed by atoms with van der Waals surface area (Å²) in [5.41, 5.74) is 4.98. The number of pyridine rings is 2. The van der Waals surface area contributed by atoms with Crippen molar-refractivity contribution in [2.75, 3.05) is 5.32 Å². The molecule has 0 aliphatic carbocycles. The monoisotopic (exact) mass is 451 g/mol. The molecule has 0 aliphatic rings. The quantitative estimate of drug-likeness (QED) is 0.422. The minimum Gasteiger partial charge on any atom is -0.316 e. The zero-order valence-corrected chi connectivity index (χ0v) is 18.6. The molecule has 10 nitrogen and oxygen atoms in total. The number of rotatable bonds is 6. The highest BCUT2D eigenvalue weighted by molar-refractivity contribution is 6.03. The zero-order chi connectivity index (χ0) is 23.5. The van der Waals surface area contributed by atoms with Crippen molar-refractivity contribution in [1.82, 2.24) is 39.5 Å². The second kappa shape index (κ2) is 9.02. The van der Waals surface area contributed by atoms with Crippen molar-refractivity contribution < 1.29 is 4.79 Å². The molecule has 1 N–H and O–H groups in total. The standard InChI is InChI=1S/C24H21N9O/c1-32-14-16(21(30-32)18-7-3-5-10-25-18)13-17-9-12-27-23(28-17)24(34)29-20-15-33(2)31-22(20)19-8-4-6-11-26-19/h3-12,14-15H,13H2,1-2H3,(H,29,34). The Kier molecular flexibility index (Phi) is 5.61. The average Bonchev–Trinajstić information content (AvgIpc) is 3.41. The van der Waals surface area contributed by atoms with E-state index in [4.69, 9.17) is 0 Å². The molecule has 0 radical (unpaired) electrons. The van der Waals surface area contributed by atoms with Gasteiger partial charge in [0.25, 0.3) is 5.91 Å². The molecule has 5 aromatic heterocycles. The summed E-state index contributed by atoms with van der Waals surface area (Å²) in [6.45, 7) is 0. The van der Waals surface area contributed by atoms with E-state index in [1.54, 1.807) is 47.3 Å². The Labute approximate surface area is 195 Å². The van der Waals surface area contributed by atoms with Crippen LogP contribution < -0.4 is 5.32 Å². The Bertz CT molecular complexity index is 1440. The first-order valence-corrected chi connectivity index (χ1v) is 10.6. The van der Waals surface area contributed by atoms with Gasteiger partial charge < -0.3 is 5.32 Å². The fraction of sp³-hybridized carbons (Fsp3) is 0.125. The van der Waals surface area contributed by atoms with Crippen LogP contribution in [0.5, 0.6) is 0 Å². The van der Waals surface area contributed by atoms with Gasteiger partial charge in [-0.25, -0.2) is 9.97 Å². The number of carbonyl (C=O) groups excluding carboxylic acids is 1. The van der Waals surface area contributed by atoms with Crippen LogP contribution in [0.1, 0.15) is 21.9 Å². The molecule has 5 rings (SSSR count). The smallest absolute Gasteiger partial charge is 0.293 e. The minimum absolute atomic E-state index is 0.0663. The molecule has 168 valence electrons. The van der Waals surface area contributed by atoms with Gasteiger partial charge >= 0.3 is 0 Å². The largest absolute Gasteiger partial charge is 0.316 e. The summed E-state index contributed by atoms with van der Waals surface area (Å²) in [4.78, 5) is 30.4. The van der Waals surface area contributed by atoms with E-state index >= 15 is 0 Å². The predicted molar refractivity (Wildman–Crippen MR) is 126 cm³/mol. The molecule has 5 aromatic rings. The molecule has 0 spiro atoms. The molecule has 0 saturated carbocycles. The summed E-state index contributed by atoms with van der Waals surface area (Å²) < 4.78 is 3.37.